The summed E-state index contributed by atoms with van der Waals surface area (Å²) in [5, 5.41) is 9.69. The van der Waals surface area contributed by atoms with E-state index >= 15 is 0 Å². The van der Waals surface area contributed by atoms with Gasteiger partial charge in [0.05, 0.1) is 11.0 Å². The largest absolute Gasteiger partial charge is 0.392 e. The lowest BCUT2D eigenvalue weighted by molar-refractivity contribution is 0.167. The van der Waals surface area contributed by atoms with Crippen molar-refractivity contribution in [2.24, 2.45) is 0 Å². The van der Waals surface area contributed by atoms with Crippen molar-refractivity contribution in [2.45, 2.75) is 63.9 Å². The lowest BCUT2D eigenvalue weighted by Crippen LogP contribution is -2.32. The van der Waals surface area contributed by atoms with Crippen molar-refractivity contribution in [1.29, 1.82) is 0 Å². The Morgan fingerprint density at radius 3 is 2.43 bits per heavy atom. The SMILES string of the molecule is CCCC(O)CNS(=O)(=O)c1cc(C(C)(C)C)ccc1C. The topological polar surface area (TPSA) is 66.4 Å². The van der Waals surface area contributed by atoms with Crippen molar-refractivity contribution >= 4 is 10.0 Å². The molecule has 1 rings (SSSR count). The van der Waals surface area contributed by atoms with E-state index in [1.807, 2.05) is 39.8 Å². The number of aliphatic hydroxyl groups is 1. The number of sulfonamides is 1. The van der Waals surface area contributed by atoms with Gasteiger partial charge < -0.3 is 5.11 Å². The van der Waals surface area contributed by atoms with Crippen molar-refractivity contribution in [3.63, 3.8) is 0 Å². The molecule has 0 aromatic heterocycles. The summed E-state index contributed by atoms with van der Waals surface area (Å²) in [5.41, 5.74) is 1.57. The maximum absolute atomic E-state index is 12.4. The highest BCUT2D eigenvalue weighted by atomic mass is 32.2. The van der Waals surface area contributed by atoms with Gasteiger partial charge in [0.1, 0.15) is 0 Å². The molecule has 5 heteroatoms. The van der Waals surface area contributed by atoms with Crippen LogP contribution in [0.4, 0.5) is 0 Å². The maximum Gasteiger partial charge on any atom is 0.240 e. The normalized spacial score (nSPS) is 14.2. The van der Waals surface area contributed by atoms with Crippen LogP contribution in [0.2, 0.25) is 0 Å². The molecule has 0 amide bonds. The predicted molar refractivity (Wildman–Crippen MR) is 86.0 cm³/mol. The fraction of sp³-hybridized carbons (Fsp3) is 0.625. The lowest BCUT2D eigenvalue weighted by atomic mass is 9.87. The van der Waals surface area contributed by atoms with Gasteiger partial charge in [-0.2, -0.15) is 0 Å². The average molecular weight is 313 g/mol. The minimum absolute atomic E-state index is 0.0510. The highest BCUT2D eigenvalue weighted by Gasteiger charge is 2.21. The van der Waals surface area contributed by atoms with Crippen molar-refractivity contribution in [3.05, 3.63) is 29.3 Å². The summed E-state index contributed by atoms with van der Waals surface area (Å²) in [6, 6.07) is 5.52. The smallest absolute Gasteiger partial charge is 0.240 e. The summed E-state index contributed by atoms with van der Waals surface area (Å²) in [4.78, 5) is 0.290. The molecule has 0 aliphatic carbocycles. The monoisotopic (exact) mass is 313 g/mol. The maximum atomic E-state index is 12.4. The Bertz CT molecular complexity index is 574. The van der Waals surface area contributed by atoms with Gasteiger partial charge in [-0.1, -0.05) is 46.2 Å². The first kappa shape index (κ1) is 18.1. The summed E-state index contributed by atoms with van der Waals surface area (Å²) in [6.07, 6.45) is 0.765. The van der Waals surface area contributed by atoms with E-state index in [1.54, 1.807) is 13.0 Å². The Kier molecular flexibility index (Phi) is 5.96. The lowest BCUT2D eigenvalue weighted by Gasteiger charge is -2.21. The fourth-order valence-corrected chi connectivity index (χ4v) is 3.42. The molecule has 0 heterocycles. The molecule has 21 heavy (non-hydrogen) atoms. The molecular weight excluding hydrogens is 286 g/mol. The highest BCUT2D eigenvalue weighted by Crippen LogP contribution is 2.26. The van der Waals surface area contributed by atoms with Gasteiger partial charge in [0.15, 0.2) is 0 Å². The first-order valence-electron chi connectivity index (χ1n) is 7.36. The molecule has 0 bridgehead atoms. The van der Waals surface area contributed by atoms with Crippen LogP contribution in [0.3, 0.4) is 0 Å². The standard InChI is InChI=1S/C16H27NO3S/c1-6-7-14(18)11-17-21(19,20)15-10-13(16(3,4)5)9-8-12(15)2/h8-10,14,17-18H,6-7,11H2,1-5H3. The number of benzene rings is 1. The summed E-state index contributed by atoms with van der Waals surface area (Å²) < 4.78 is 27.3. The fourth-order valence-electron chi connectivity index (χ4n) is 2.08. The molecular formula is C16H27NO3S. The van der Waals surface area contributed by atoms with E-state index in [-0.39, 0.29) is 12.0 Å². The Labute approximate surface area is 128 Å². The average Bonchev–Trinajstić information content (AvgIpc) is 2.36. The van der Waals surface area contributed by atoms with Gasteiger partial charge in [0, 0.05) is 6.54 Å². The minimum Gasteiger partial charge on any atom is -0.392 e. The first-order valence-corrected chi connectivity index (χ1v) is 8.85. The predicted octanol–water partition coefficient (Wildman–Crippen LogP) is 2.73. The number of rotatable bonds is 6. The van der Waals surface area contributed by atoms with Gasteiger partial charge in [-0.25, -0.2) is 13.1 Å². The van der Waals surface area contributed by atoms with E-state index < -0.39 is 16.1 Å². The third-order valence-corrected chi connectivity index (χ3v) is 5.04. The Morgan fingerprint density at radius 2 is 1.90 bits per heavy atom. The van der Waals surface area contributed by atoms with Crippen LogP contribution < -0.4 is 4.72 Å². The number of aryl methyl sites for hydroxylation is 1. The highest BCUT2D eigenvalue weighted by molar-refractivity contribution is 7.89. The van der Waals surface area contributed by atoms with Crippen molar-refractivity contribution < 1.29 is 13.5 Å². The van der Waals surface area contributed by atoms with Crippen molar-refractivity contribution in [1.82, 2.24) is 4.72 Å². The van der Waals surface area contributed by atoms with Crippen molar-refractivity contribution in [3.8, 4) is 0 Å². The van der Waals surface area contributed by atoms with Crippen LogP contribution in [0.25, 0.3) is 0 Å². The summed E-state index contributed by atoms with van der Waals surface area (Å²) in [5.74, 6) is 0. The second-order valence-electron chi connectivity index (χ2n) is 6.52. The van der Waals surface area contributed by atoms with Gasteiger partial charge in [-0.15, -0.1) is 0 Å². The Balaban J connectivity index is 3.02. The molecule has 0 saturated heterocycles. The van der Waals surface area contributed by atoms with Crippen LogP contribution >= 0.6 is 0 Å². The van der Waals surface area contributed by atoms with Crippen molar-refractivity contribution in [2.75, 3.05) is 6.54 Å². The number of aliphatic hydroxyl groups excluding tert-OH is 1. The molecule has 1 aromatic rings. The molecule has 4 nitrogen and oxygen atoms in total. The van der Waals surface area contributed by atoms with E-state index in [9.17, 15) is 13.5 Å². The zero-order valence-electron chi connectivity index (χ0n) is 13.6. The van der Waals surface area contributed by atoms with Crippen LogP contribution in [0, 0.1) is 6.92 Å². The molecule has 0 spiro atoms. The first-order chi connectivity index (χ1) is 9.58. The van der Waals surface area contributed by atoms with Crippen LogP contribution in [-0.4, -0.2) is 26.2 Å². The van der Waals surface area contributed by atoms with E-state index in [4.69, 9.17) is 0 Å². The van der Waals surface area contributed by atoms with E-state index in [0.717, 1.165) is 12.0 Å². The molecule has 0 aliphatic heterocycles. The molecule has 1 aromatic carbocycles. The van der Waals surface area contributed by atoms with E-state index in [2.05, 4.69) is 4.72 Å². The van der Waals surface area contributed by atoms with Gasteiger partial charge in [0.25, 0.3) is 0 Å². The quantitative estimate of drug-likeness (QED) is 0.848. The summed E-state index contributed by atoms with van der Waals surface area (Å²) in [7, 11) is -3.60. The number of hydrogen-bond donors (Lipinski definition) is 2. The number of nitrogens with one attached hydrogen (secondary N) is 1. The van der Waals surface area contributed by atoms with Crippen LogP contribution in [0.5, 0.6) is 0 Å². The van der Waals surface area contributed by atoms with Crippen LogP contribution in [0.15, 0.2) is 23.1 Å². The Morgan fingerprint density at radius 1 is 1.29 bits per heavy atom. The molecule has 1 unspecified atom stereocenters. The number of hydrogen-bond acceptors (Lipinski definition) is 3. The second kappa shape index (κ2) is 6.90. The molecule has 0 saturated carbocycles. The Hall–Kier alpha value is -0.910. The van der Waals surface area contributed by atoms with E-state index in [1.165, 1.54) is 0 Å². The molecule has 0 aliphatic rings. The third-order valence-electron chi connectivity index (χ3n) is 3.47. The summed E-state index contributed by atoms with van der Waals surface area (Å²) >= 11 is 0. The van der Waals surface area contributed by atoms with Gasteiger partial charge in [0.2, 0.25) is 10.0 Å². The second-order valence-corrected chi connectivity index (χ2v) is 8.26. The van der Waals surface area contributed by atoms with Crippen LogP contribution in [-0.2, 0) is 15.4 Å². The van der Waals surface area contributed by atoms with Gasteiger partial charge in [-0.05, 0) is 36.0 Å². The van der Waals surface area contributed by atoms with Crippen LogP contribution in [0.1, 0.15) is 51.7 Å². The molecule has 120 valence electrons. The van der Waals surface area contributed by atoms with Gasteiger partial charge in [-0.3, -0.25) is 0 Å². The van der Waals surface area contributed by atoms with E-state index in [0.29, 0.717) is 16.9 Å². The van der Waals surface area contributed by atoms with Gasteiger partial charge >= 0.3 is 0 Å². The third kappa shape index (κ3) is 5.09. The zero-order chi connectivity index (χ0) is 16.3. The molecule has 2 N–H and O–H groups in total. The molecule has 1 atom stereocenters. The summed E-state index contributed by atoms with van der Waals surface area (Å²) in [6.45, 7) is 9.93. The minimum atomic E-state index is -3.60. The molecule has 0 fully saturated rings. The molecule has 0 radical (unpaired) electrons. The zero-order valence-corrected chi connectivity index (χ0v) is 14.4.